The highest BCUT2D eigenvalue weighted by Gasteiger charge is 2.41. The summed E-state index contributed by atoms with van der Waals surface area (Å²) in [5.41, 5.74) is 0.500. The Morgan fingerprint density at radius 3 is 2.88 bits per heavy atom. The molecule has 4 heteroatoms. The van der Waals surface area contributed by atoms with E-state index in [1.807, 2.05) is 12.1 Å². The normalized spacial score (nSPS) is 17.6. The van der Waals surface area contributed by atoms with Crippen LogP contribution in [-0.2, 0) is 11.3 Å². The van der Waals surface area contributed by atoms with Crippen LogP contribution in [0.5, 0.6) is 0 Å². The lowest BCUT2D eigenvalue weighted by molar-refractivity contribution is 0.171. The number of methoxy groups -OCH3 is 1. The molecule has 16 heavy (non-hydrogen) atoms. The molecule has 2 rings (SSSR count). The Labute approximate surface area is 105 Å². The number of furan rings is 1. The van der Waals surface area contributed by atoms with Crippen molar-refractivity contribution in [2.45, 2.75) is 25.8 Å². The first-order valence-electron chi connectivity index (χ1n) is 5.68. The first-order chi connectivity index (χ1) is 7.74. The lowest BCUT2D eigenvalue weighted by Crippen LogP contribution is -2.24. The molecule has 1 heterocycles. The third-order valence-electron chi connectivity index (χ3n) is 3.22. The maximum Gasteiger partial charge on any atom is 0.169 e. The van der Waals surface area contributed by atoms with Crippen molar-refractivity contribution in [2.24, 2.45) is 5.41 Å². The molecule has 1 aromatic rings. The zero-order valence-corrected chi connectivity index (χ0v) is 11.2. The molecule has 0 radical (unpaired) electrons. The lowest BCUT2D eigenvalue weighted by atomic mass is 10.0. The highest BCUT2D eigenvalue weighted by Crippen LogP contribution is 2.48. The van der Waals surface area contributed by atoms with Crippen LogP contribution in [-0.4, -0.2) is 20.3 Å². The number of hydrogen-bond acceptors (Lipinski definition) is 3. The van der Waals surface area contributed by atoms with Gasteiger partial charge in [-0.25, -0.2) is 0 Å². The third-order valence-corrected chi connectivity index (χ3v) is 3.65. The van der Waals surface area contributed by atoms with Gasteiger partial charge in [-0.05, 0) is 52.7 Å². The molecular formula is C12H18BrNO2. The molecule has 1 N–H and O–H groups in total. The number of rotatable bonds is 7. The standard InChI is InChI=1S/C12H18BrNO2/c1-15-7-6-12(4-5-12)9-14-8-10-2-3-11(13)16-10/h2-3,14H,4-9H2,1H3. The molecule has 1 aromatic heterocycles. The summed E-state index contributed by atoms with van der Waals surface area (Å²) in [6.07, 6.45) is 3.81. The van der Waals surface area contributed by atoms with Crippen molar-refractivity contribution in [3.63, 3.8) is 0 Å². The number of hydrogen-bond donors (Lipinski definition) is 1. The quantitative estimate of drug-likeness (QED) is 0.837. The summed E-state index contributed by atoms with van der Waals surface area (Å²) in [6, 6.07) is 3.92. The van der Waals surface area contributed by atoms with Gasteiger partial charge in [-0.2, -0.15) is 0 Å². The zero-order chi connectivity index (χ0) is 11.4. The summed E-state index contributed by atoms with van der Waals surface area (Å²) in [6.45, 7) is 2.74. The largest absolute Gasteiger partial charge is 0.453 e. The third kappa shape index (κ3) is 3.34. The zero-order valence-electron chi connectivity index (χ0n) is 9.59. The maximum absolute atomic E-state index is 5.43. The van der Waals surface area contributed by atoms with Crippen LogP contribution in [0.4, 0.5) is 0 Å². The summed E-state index contributed by atoms with van der Waals surface area (Å²) >= 11 is 3.30. The number of nitrogens with one attached hydrogen (secondary N) is 1. The summed E-state index contributed by atoms with van der Waals surface area (Å²) in [4.78, 5) is 0. The van der Waals surface area contributed by atoms with Gasteiger partial charge in [0.25, 0.3) is 0 Å². The summed E-state index contributed by atoms with van der Waals surface area (Å²) in [5.74, 6) is 0.981. The van der Waals surface area contributed by atoms with E-state index in [1.165, 1.54) is 19.3 Å². The van der Waals surface area contributed by atoms with Gasteiger partial charge in [0.05, 0.1) is 6.54 Å². The van der Waals surface area contributed by atoms with Crippen molar-refractivity contribution >= 4 is 15.9 Å². The molecule has 0 amide bonds. The molecule has 90 valence electrons. The van der Waals surface area contributed by atoms with Crippen LogP contribution in [0.1, 0.15) is 25.0 Å². The SMILES string of the molecule is COCCC1(CNCc2ccc(Br)o2)CC1. The molecule has 0 saturated heterocycles. The fraction of sp³-hybridized carbons (Fsp3) is 0.667. The van der Waals surface area contributed by atoms with Gasteiger partial charge in [0.15, 0.2) is 4.67 Å². The molecule has 1 fully saturated rings. The predicted octanol–water partition coefficient (Wildman–Crippen LogP) is 2.95. The number of halogens is 1. The van der Waals surface area contributed by atoms with Gasteiger partial charge in [0, 0.05) is 20.3 Å². The van der Waals surface area contributed by atoms with E-state index in [0.717, 1.165) is 30.1 Å². The van der Waals surface area contributed by atoms with Crippen molar-refractivity contribution in [1.82, 2.24) is 5.32 Å². The molecule has 0 unspecified atom stereocenters. The predicted molar refractivity (Wildman–Crippen MR) is 66.3 cm³/mol. The van der Waals surface area contributed by atoms with Crippen molar-refractivity contribution < 1.29 is 9.15 Å². The van der Waals surface area contributed by atoms with Gasteiger partial charge in [-0.15, -0.1) is 0 Å². The van der Waals surface area contributed by atoms with Crippen molar-refractivity contribution in [3.05, 3.63) is 22.6 Å². The van der Waals surface area contributed by atoms with E-state index < -0.39 is 0 Å². The topological polar surface area (TPSA) is 34.4 Å². The monoisotopic (exact) mass is 287 g/mol. The van der Waals surface area contributed by atoms with Crippen molar-refractivity contribution in [1.29, 1.82) is 0 Å². The number of ether oxygens (including phenoxy) is 1. The second kappa shape index (κ2) is 5.34. The van der Waals surface area contributed by atoms with Crippen LogP contribution in [0.25, 0.3) is 0 Å². The van der Waals surface area contributed by atoms with Gasteiger partial charge in [-0.1, -0.05) is 0 Å². The van der Waals surface area contributed by atoms with Crippen LogP contribution in [0.15, 0.2) is 21.2 Å². The Morgan fingerprint density at radius 1 is 1.50 bits per heavy atom. The highest BCUT2D eigenvalue weighted by atomic mass is 79.9. The van der Waals surface area contributed by atoms with Gasteiger partial charge in [0.2, 0.25) is 0 Å². The van der Waals surface area contributed by atoms with E-state index in [2.05, 4.69) is 21.2 Å². The van der Waals surface area contributed by atoms with E-state index in [1.54, 1.807) is 7.11 Å². The fourth-order valence-electron chi connectivity index (χ4n) is 1.91. The van der Waals surface area contributed by atoms with Crippen molar-refractivity contribution in [3.8, 4) is 0 Å². The Morgan fingerprint density at radius 2 is 2.31 bits per heavy atom. The highest BCUT2D eigenvalue weighted by molar-refractivity contribution is 9.10. The van der Waals surface area contributed by atoms with Crippen LogP contribution >= 0.6 is 15.9 Å². The van der Waals surface area contributed by atoms with Crippen LogP contribution in [0, 0.1) is 5.41 Å². The average molecular weight is 288 g/mol. The molecule has 0 aromatic carbocycles. The van der Waals surface area contributed by atoms with Crippen LogP contribution in [0.2, 0.25) is 0 Å². The first-order valence-corrected chi connectivity index (χ1v) is 6.47. The Kier molecular flexibility index (Phi) is 4.05. The fourth-order valence-corrected chi connectivity index (χ4v) is 2.25. The molecular weight excluding hydrogens is 270 g/mol. The molecule has 1 saturated carbocycles. The van der Waals surface area contributed by atoms with Crippen LogP contribution < -0.4 is 5.32 Å². The molecule has 1 aliphatic rings. The molecule has 0 aliphatic heterocycles. The Bertz CT molecular complexity index is 334. The van der Waals surface area contributed by atoms with Gasteiger partial charge >= 0.3 is 0 Å². The van der Waals surface area contributed by atoms with E-state index in [-0.39, 0.29) is 0 Å². The van der Waals surface area contributed by atoms with Crippen LogP contribution in [0.3, 0.4) is 0 Å². The Balaban J connectivity index is 1.68. The summed E-state index contributed by atoms with van der Waals surface area (Å²) in [5, 5.41) is 3.46. The molecule has 0 bridgehead atoms. The Hall–Kier alpha value is -0.320. The smallest absolute Gasteiger partial charge is 0.169 e. The lowest BCUT2D eigenvalue weighted by Gasteiger charge is -2.14. The van der Waals surface area contributed by atoms with E-state index in [4.69, 9.17) is 9.15 Å². The maximum atomic E-state index is 5.43. The van der Waals surface area contributed by atoms with Gasteiger partial charge < -0.3 is 14.5 Å². The minimum atomic E-state index is 0.500. The van der Waals surface area contributed by atoms with Gasteiger partial charge in [-0.3, -0.25) is 0 Å². The van der Waals surface area contributed by atoms with E-state index in [0.29, 0.717) is 5.41 Å². The van der Waals surface area contributed by atoms with Gasteiger partial charge in [0.1, 0.15) is 5.76 Å². The molecule has 1 aliphatic carbocycles. The average Bonchev–Trinajstić information content (AvgIpc) is 2.92. The minimum Gasteiger partial charge on any atom is -0.453 e. The molecule has 0 spiro atoms. The minimum absolute atomic E-state index is 0.500. The summed E-state index contributed by atoms with van der Waals surface area (Å²) in [7, 11) is 1.77. The summed E-state index contributed by atoms with van der Waals surface area (Å²) < 4.78 is 11.4. The second-order valence-corrected chi connectivity index (χ2v) is 5.33. The first kappa shape index (κ1) is 12.1. The van der Waals surface area contributed by atoms with E-state index in [9.17, 15) is 0 Å². The molecule has 3 nitrogen and oxygen atoms in total. The van der Waals surface area contributed by atoms with E-state index >= 15 is 0 Å². The molecule has 0 atom stereocenters. The second-order valence-electron chi connectivity index (χ2n) is 4.55. The van der Waals surface area contributed by atoms with Crippen molar-refractivity contribution in [2.75, 3.05) is 20.3 Å².